The molecule has 2 unspecified atom stereocenters. The Bertz CT molecular complexity index is 738. The lowest BCUT2D eigenvalue weighted by Gasteiger charge is -2.41. The SMILES string of the molecule is Cc1ccccc1C(CC(=O)N1CCCC(N2CCNCC2=O)C1)NC(N)=O. The Kier molecular flexibility index (Phi) is 6.51. The number of amides is 4. The van der Waals surface area contributed by atoms with Crippen molar-refractivity contribution in [2.75, 3.05) is 32.7 Å². The number of nitrogens with zero attached hydrogens (tertiary/aromatic N) is 2. The lowest BCUT2D eigenvalue weighted by molar-refractivity contribution is -0.140. The van der Waals surface area contributed by atoms with Crippen LogP contribution in [0, 0.1) is 6.92 Å². The van der Waals surface area contributed by atoms with E-state index in [1.165, 1.54) is 0 Å². The van der Waals surface area contributed by atoms with Crippen molar-refractivity contribution in [3.63, 3.8) is 0 Å². The van der Waals surface area contributed by atoms with Crippen LogP contribution in [0.5, 0.6) is 0 Å². The summed E-state index contributed by atoms with van der Waals surface area (Å²) >= 11 is 0. The maximum absolute atomic E-state index is 13.0. The minimum absolute atomic E-state index is 0.0331. The molecule has 0 radical (unpaired) electrons. The average molecular weight is 387 g/mol. The summed E-state index contributed by atoms with van der Waals surface area (Å²) in [5, 5.41) is 5.79. The molecule has 28 heavy (non-hydrogen) atoms. The van der Waals surface area contributed by atoms with E-state index in [-0.39, 0.29) is 24.3 Å². The normalized spacial score (nSPS) is 21.3. The molecule has 0 spiro atoms. The molecule has 8 heteroatoms. The highest BCUT2D eigenvalue weighted by Crippen LogP contribution is 2.24. The lowest BCUT2D eigenvalue weighted by atomic mass is 9.97. The zero-order valence-electron chi connectivity index (χ0n) is 16.3. The summed E-state index contributed by atoms with van der Waals surface area (Å²) in [7, 11) is 0. The highest BCUT2D eigenvalue weighted by Gasteiger charge is 2.32. The molecule has 0 aliphatic carbocycles. The zero-order chi connectivity index (χ0) is 20.1. The summed E-state index contributed by atoms with van der Waals surface area (Å²) in [6.07, 6.45) is 1.93. The van der Waals surface area contributed by atoms with E-state index in [1.807, 2.05) is 41.0 Å². The van der Waals surface area contributed by atoms with Gasteiger partial charge in [-0.15, -0.1) is 0 Å². The fourth-order valence-electron chi connectivity index (χ4n) is 4.13. The molecule has 3 rings (SSSR count). The van der Waals surface area contributed by atoms with Gasteiger partial charge in [0.1, 0.15) is 0 Å². The van der Waals surface area contributed by atoms with Gasteiger partial charge in [0, 0.05) is 32.2 Å². The third-order valence-corrected chi connectivity index (χ3v) is 5.58. The Morgan fingerprint density at radius 1 is 1.32 bits per heavy atom. The second-order valence-electron chi connectivity index (χ2n) is 7.52. The Labute approximate surface area is 165 Å². The van der Waals surface area contributed by atoms with Crippen LogP contribution < -0.4 is 16.4 Å². The first-order chi connectivity index (χ1) is 13.5. The number of hydrogen-bond donors (Lipinski definition) is 3. The summed E-state index contributed by atoms with van der Waals surface area (Å²) in [6, 6.07) is 6.60. The number of urea groups is 1. The standard InChI is InChI=1S/C20H29N5O3/c1-14-5-2-3-7-16(14)17(23-20(21)28)11-18(26)24-9-4-6-15(13-24)25-10-8-22-12-19(25)27/h2-3,5,7,15,17,22H,4,6,8-13H2,1H3,(H3,21,23,28). The van der Waals surface area contributed by atoms with Gasteiger partial charge in [0.2, 0.25) is 11.8 Å². The van der Waals surface area contributed by atoms with Gasteiger partial charge in [-0.25, -0.2) is 4.79 Å². The minimum Gasteiger partial charge on any atom is -0.352 e. The predicted octanol–water partition coefficient (Wildman–Crippen LogP) is 0.517. The van der Waals surface area contributed by atoms with E-state index >= 15 is 0 Å². The molecule has 8 nitrogen and oxygen atoms in total. The molecular formula is C20H29N5O3. The molecular weight excluding hydrogens is 358 g/mol. The number of likely N-dealkylation sites (tertiary alicyclic amines) is 1. The van der Waals surface area contributed by atoms with Crippen LogP contribution in [0.15, 0.2) is 24.3 Å². The molecule has 0 aromatic heterocycles. The number of piperazine rings is 1. The molecule has 1 aromatic carbocycles. The van der Waals surface area contributed by atoms with Gasteiger partial charge >= 0.3 is 6.03 Å². The van der Waals surface area contributed by atoms with E-state index in [2.05, 4.69) is 10.6 Å². The zero-order valence-corrected chi connectivity index (χ0v) is 16.3. The largest absolute Gasteiger partial charge is 0.352 e. The van der Waals surface area contributed by atoms with Crippen LogP contribution in [-0.4, -0.2) is 66.4 Å². The first-order valence-corrected chi connectivity index (χ1v) is 9.85. The molecule has 2 saturated heterocycles. The number of nitrogens with one attached hydrogen (secondary N) is 2. The molecule has 2 aliphatic heterocycles. The molecule has 2 fully saturated rings. The Morgan fingerprint density at radius 2 is 2.11 bits per heavy atom. The number of nitrogens with two attached hydrogens (primary N) is 1. The second kappa shape index (κ2) is 9.05. The average Bonchev–Trinajstić information content (AvgIpc) is 2.68. The van der Waals surface area contributed by atoms with Crippen molar-refractivity contribution < 1.29 is 14.4 Å². The molecule has 4 amide bonds. The second-order valence-corrected chi connectivity index (χ2v) is 7.52. The number of hydrogen-bond acceptors (Lipinski definition) is 4. The van der Waals surface area contributed by atoms with Crippen molar-refractivity contribution in [2.24, 2.45) is 5.73 Å². The Hall–Kier alpha value is -2.61. The number of primary amides is 1. The number of carbonyl (C=O) groups is 3. The van der Waals surface area contributed by atoms with Gasteiger partial charge in [-0.3, -0.25) is 9.59 Å². The Morgan fingerprint density at radius 3 is 2.82 bits per heavy atom. The van der Waals surface area contributed by atoms with Crippen LogP contribution in [-0.2, 0) is 9.59 Å². The maximum Gasteiger partial charge on any atom is 0.312 e. The van der Waals surface area contributed by atoms with E-state index in [4.69, 9.17) is 5.73 Å². The molecule has 2 aliphatic rings. The molecule has 2 heterocycles. The molecule has 2 atom stereocenters. The highest BCUT2D eigenvalue weighted by molar-refractivity contribution is 5.80. The quantitative estimate of drug-likeness (QED) is 0.684. The molecule has 152 valence electrons. The van der Waals surface area contributed by atoms with Gasteiger partial charge in [-0.1, -0.05) is 24.3 Å². The van der Waals surface area contributed by atoms with Gasteiger partial charge in [0.15, 0.2) is 0 Å². The van der Waals surface area contributed by atoms with Crippen LogP contribution in [0.3, 0.4) is 0 Å². The number of aryl methyl sites for hydroxylation is 1. The minimum atomic E-state index is -0.649. The Balaban J connectivity index is 1.68. The fourth-order valence-corrected chi connectivity index (χ4v) is 4.13. The van der Waals surface area contributed by atoms with E-state index < -0.39 is 12.1 Å². The summed E-state index contributed by atoms with van der Waals surface area (Å²) in [4.78, 5) is 40.4. The van der Waals surface area contributed by atoms with Gasteiger partial charge in [0.25, 0.3) is 0 Å². The van der Waals surface area contributed by atoms with Crippen LogP contribution in [0.4, 0.5) is 4.79 Å². The first-order valence-electron chi connectivity index (χ1n) is 9.85. The third kappa shape index (κ3) is 4.81. The molecule has 4 N–H and O–H groups in total. The van der Waals surface area contributed by atoms with Gasteiger partial charge in [0.05, 0.1) is 19.0 Å². The van der Waals surface area contributed by atoms with Crippen molar-refractivity contribution in [1.29, 1.82) is 0 Å². The van der Waals surface area contributed by atoms with Crippen LogP contribution in [0.25, 0.3) is 0 Å². The first kappa shape index (κ1) is 20.1. The predicted molar refractivity (Wildman–Crippen MR) is 105 cm³/mol. The summed E-state index contributed by atoms with van der Waals surface area (Å²) < 4.78 is 0. The van der Waals surface area contributed by atoms with Gasteiger partial charge in [-0.05, 0) is 30.9 Å². The molecule has 0 bridgehead atoms. The molecule has 0 saturated carbocycles. The van der Waals surface area contributed by atoms with E-state index in [1.54, 1.807) is 0 Å². The third-order valence-electron chi connectivity index (χ3n) is 5.58. The van der Waals surface area contributed by atoms with E-state index in [0.717, 1.165) is 30.5 Å². The topological polar surface area (TPSA) is 108 Å². The van der Waals surface area contributed by atoms with Crippen molar-refractivity contribution in [3.8, 4) is 0 Å². The summed E-state index contributed by atoms with van der Waals surface area (Å²) in [6.45, 7) is 4.99. The van der Waals surface area contributed by atoms with Crippen LogP contribution >= 0.6 is 0 Å². The van der Waals surface area contributed by atoms with Crippen LogP contribution in [0.1, 0.15) is 36.4 Å². The maximum atomic E-state index is 13.0. The number of benzene rings is 1. The van der Waals surface area contributed by atoms with Crippen molar-refractivity contribution in [3.05, 3.63) is 35.4 Å². The van der Waals surface area contributed by atoms with Crippen molar-refractivity contribution in [1.82, 2.24) is 20.4 Å². The number of rotatable bonds is 5. The number of piperidine rings is 1. The van der Waals surface area contributed by atoms with Crippen LogP contribution in [0.2, 0.25) is 0 Å². The number of carbonyl (C=O) groups excluding carboxylic acids is 3. The van der Waals surface area contributed by atoms with Crippen molar-refractivity contribution in [2.45, 2.75) is 38.3 Å². The van der Waals surface area contributed by atoms with Gasteiger partial charge in [-0.2, -0.15) is 0 Å². The van der Waals surface area contributed by atoms with E-state index in [0.29, 0.717) is 26.2 Å². The van der Waals surface area contributed by atoms with Gasteiger partial charge < -0.3 is 26.2 Å². The monoisotopic (exact) mass is 387 g/mol. The highest BCUT2D eigenvalue weighted by atomic mass is 16.2. The molecule has 1 aromatic rings. The summed E-state index contributed by atoms with van der Waals surface area (Å²) in [5.41, 5.74) is 7.23. The van der Waals surface area contributed by atoms with Crippen molar-refractivity contribution >= 4 is 17.8 Å². The van der Waals surface area contributed by atoms with E-state index in [9.17, 15) is 14.4 Å². The fraction of sp³-hybridized carbons (Fsp3) is 0.550. The summed E-state index contributed by atoms with van der Waals surface area (Å²) in [5.74, 6) is 0.0630. The smallest absolute Gasteiger partial charge is 0.312 e. The lowest BCUT2D eigenvalue weighted by Crippen LogP contribution is -2.57.